The normalized spacial score (nSPS) is 23.6. The topological polar surface area (TPSA) is 60.9 Å². The number of amides is 1. The molecule has 1 fully saturated rings. The van der Waals surface area contributed by atoms with E-state index in [4.69, 9.17) is 23.2 Å². The van der Waals surface area contributed by atoms with E-state index in [2.05, 4.69) is 4.90 Å². The highest BCUT2D eigenvalue weighted by molar-refractivity contribution is 6.42. The Hall–Kier alpha value is -1.72. The number of anilines is 1. The maximum absolute atomic E-state index is 12.8. The number of carbonyl (C=O) groups excluding carboxylic acids is 1. The fourth-order valence-electron chi connectivity index (χ4n) is 3.46. The van der Waals surface area contributed by atoms with Crippen molar-refractivity contribution < 1.29 is 14.7 Å². The third-order valence-corrected chi connectivity index (χ3v) is 5.67. The molecule has 5 nitrogen and oxygen atoms in total. The Bertz CT molecular complexity index is 700. The van der Waals surface area contributed by atoms with Crippen molar-refractivity contribution >= 4 is 40.8 Å². The molecule has 2 aliphatic rings. The molecule has 2 atom stereocenters. The molecule has 1 aliphatic heterocycles. The number of hydrogen-bond acceptors (Lipinski definition) is 3. The molecule has 7 heteroatoms. The van der Waals surface area contributed by atoms with Gasteiger partial charge in [-0.05, 0) is 31.0 Å². The van der Waals surface area contributed by atoms with Crippen molar-refractivity contribution in [2.75, 3.05) is 31.1 Å². The van der Waals surface area contributed by atoms with Gasteiger partial charge in [0.2, 0.25) is 5.91 Å². The van der Waals surface area contributed by atoms with E-state index in [1.54, 1.807) is 11.0 Å². The summed E-state index contributed by atoms with van der Waals surface area (Å²) in [4.78, 5) is 28.1. The second-order valence-corrected chi connectivity index (χ2v) is 7.22. The Morgan fingerprint density at radius 3 is 2.20 bits per heavy atom. The number of allylic oxidation sites excluding steroid dienone is 2. The number of rotatable bonds is 3. The number of hydrogen-bond donors (Lipinski definition) is 1. The van der Waals surface area contributed by atoms with Gasteiger partial charge in [0, 0.05) is 31.9 Å². The minimum Gasteiger partial charge on any atom is -0.481 e. The average Bonchev–Trinajstić information content (AvgIpc) is 2.63. The van der Waals surface area contributed by atoms with Crippen molar-refractivity contribution in [3.05, 3.63) is 40.4 Å². The van der Waals surface area contributed by atoms with E-state index < -0.39 is 17.8 Å². The van der Waals surface area contributed by atoms with Crippen LogP contribution in [-0.2, 0) is 9.59 Å². The summed E-state index contributed by atoms with van der Waals surface area (Å²) in [6.45, 7) is 2.52. The first-order chi connectivity index (χ1) is 12.0. The predicted octanol–water partition coefficient (Wildman–Crippen LogP) is 3.31. The van der Waals surface area contributed by atoms with E-state index in [0.717, 1.165) is 5.69 Å². The third kappa shape index (κ3) is 3.93. The fraction of sp³-hybridized carbons (Fsp3) is 0.444. The summed E-state index contributed by atoms with van der Waals surface area (Å²) < 4.78 is 0. The molecule has 1 saturated heterocycles. The second-order valence-electron chi connectivity index (χ2n) is 6.40. The number of benzene rings is 1. The van der Waals surface area contributed by atoms with Crippen LogP contribution in [0.3, 0.4) is 0 Å². The lowest BCUT2D eigenvalue weighted by molar-refractivity contribution is -0.150. The molecule has 1 aliphatic carbocycles. The van der Waals surface area contributed by atoms with Gasteiger partial charge in [-0.15, -0.1) is 0 Å². The van der Waals surface area contributed by atoms with Crippen LogP contribution in [0, 0.1) is 11.8 Å². The number of carbonyl (C=O) groups is 2. The SMILES string of the molecule is O=C(O)[C@@H]1CC=CC[C@H]1C(=O)N1CCN(c2ccc(Cl)c(Cl)c2)CC1. The van der Waals surface area contributed by atoms with E-state index in [1.165, 1.54) is 0 Å². The van der Waals surface area contributed by atoms with Gasteiger partial charge in [-0.2, -0.15) is 0 Å². The van der Waals surface area contributed by atoms with Crippen LogP contribution in [-0.4, -0.2) is 48.1 Å². The van der Waals surface area contributed by atoms with Gasteiger partial charge in [0.15, 0.2) is 0 Å². The van der Waals surface area contributed by atoms with Gasteiger partial charge in [-0.1, -0.05) is 35.4 Å². The fourth-order valence-corrected chi connectivity index (χ4v) is 3.75. The monoisotopic (exact) mass is 382 g/mol. The minimum absolute atomic E-state index is 0.0504. The molecule has 134 valence electrons. The van der Waals surface area contributed by atoms with E-state index >= 15 is 0 Å². The van der Waals surface area contributed by atoms with Gasteiger partial charge in [0.05, 0.1) is 21.9 Å². The Kier molecular flexibility index (Phi) is 5.54. The van der Waals surface area contributed by atoms with E-state index in [-0.39, 0.29) is 5.91 Å². The summed E-state index contributed by atoms with van der Waals surface area (Å²) in [6.07, 6.45) is 4.69. The molecule has 1 N–H and O–H groups in total. The Labute approximate surface area is 156 Å². The van der Waals surface area contributed by atoms with Gasteiger partial charge >= 0.3 is 5.97 Å². The van der Waals surface area contributed by atoms with Crippen LogP contribution in [0.5, 0.6) is 0 Å². The van der Waals surface area contributed by atoms with Gasteiger partial charge in [0.25, 0.3) is 0 Å². The molecule has 1 amide bonds. The molecule has 0 bridgehead atoms. The summed E-state index contributed by atoms with van der Waals surface area (Å²) >= 11 is 12.0. The van der Waals surface area contributed by atoms with E-state index in [9.17, 15) is 14.7 Å². The second kappa shape index (κ2) is 7.67. The molecule has 0 unspecified atom stereocenters. The van der Waals surface area contributed by atoms with Gasteiger partial charge in [0.1, 0.15) is 0 Å². The van der Waals surface area contributed by atoms with Crippen molar-refractivity contribution in [2.45, 2.75) is 12.8 Å². The number of nitrogens with zero attached hydrogens (tertiary/aromatic N) is 2. The molecule has 0 saturated carbocycles. The third-order valence-electron chi connectivity index (χ3n) is 4.93. The number of piperazine rings is 1. The van der Waals surface area contributed by atoms with Crippen molar-refractivity contribution in [3.8, 4) is 0 Å². The average molecular weight is 383 g/mol. The molecule has 0 radical (unpaired) electrons. The molecule has 0 aromatic heterocycles. The first-order valence-electron chi connectivity index (χ1n) is 8.34. The molecule has 25 heavy (non-hydrogen) atoms. The Balaban J connectivity index is 1.63. The summed E-state index contributed by atoms with van der Waals surface area (Å²) in [5, 5.41) is 10.4. The van der Waals surface area contributed by atoms with Crippen LogP contribution < -0.4 is 4.90 Å². The maximum atomic E-state index is 12.8. The Morgan fingerprint density at radius 1 is 0.960 bits per heavy atom. The standard InChI is InChI=1S/C18H20Cl2N2O3/c19-15-6-5-12(11-16(15)20)21-7-9-22(10-8-21)17(23)13-3-1-2-4-14(13)18(24)25/h1-2,5-6,11,13-14H,3-4,7-10H2,(H,24,25)/t13-,14-/m1/s1. The lowest BCUT2D eigenvalue weighted by Crippen LogP contribution is -2.52. The highest BCUT2D eigenvalue weighted by Gasteiger charge is 2.37. The van der Waals surface area contributed by atoms with Gasteiger partial charge in [-0.3, -0.25) is 9.59 Å². The number of aliphatic carboxylic acids is 1. The summed E-state index contributed by atoms with van der Waals surface area (Å²) in [5.74, 6) is -2.02. The lowest BCUT2D eigenvalue weighted by atomic mass is 9.82. The lowest BCUT2D eigenvalue weighted by Gasteiger charge is -2.38. The molecule has 1 aromatic carbocycles. The summed E-state index contributed by atoms with van der Waals surface area (Å²) in [6, 6.07) is 5.51. The van der Waals surface area contributed by atoms with Crippen molar-refractivity contribution in [1.29, 1.82) is 0 Å². The number of carboxylic acid groups (broad SMARTS) is 1. The molecule has 1 heterocycles. The highest BCUT2D eigenvalue weighted by Crippen LogP contribution is 2.30. The zero-order valence-electron chi connectivity index (χ0n) is 13.7. The number of halogens is 2. The van der Waals surface area contributed by atoms with Gasteiger partial charge in [-0.25, -0.2) is 0 Å². The Morgan fingerprint density at radius 2 is 1.60 bits per heavy atom. The molecular formula is C18H20Cl2N2O3. The largest absolute Gasteiger partial charge is 0.481 e. The van der Waals surface area contributed by atoms with Crippen LogP contribution in [0.25, 0.3) is 0 Å². The van der Waals surface area contributed by atoms with Crippen molar-refractivity contribution in [1.82, 2.24) is 4.90 Å². The summed E-state index contributed by atoms with van der Waals surface area (Å²) in [5.41, 5.74) is 0.977. The van der Waals surface area contributed by atoms with E-state index in [1.807, 2.05) is 24.3 Å². The van der Waals surface area contributed by atoms with Crippen LogP contribution >= 0.6 is 23.2 Å². The van der Waals surface area contributed by atoms with Crippen LogP contribution in [0.4, 0.5) is 5.69 Å². The maximum Gasteiger partial charge on any atom is 0.307 e. The highest BCUT2D eigenvalue weighted by atomic mass is 35.5. The first-order valence-corrected chi connectivity index (χ1v) is 9.09. The zero-order valence-corrected chi connectivity index (χ0v) is 15.2. The molecular weight excluding hydrogens is 363 g/mol. The summed E-state index contributed by atoms with van der Waals surface area (Å²) in [7, 11) is 0. The zero-order chi connectivity index (χ0) is 18.0. The smallest absolute Gasteiger partial charge is 0.307 e. The minimum atomic E-state index is -0.892. The van der Waals surface area contributed by atoms with Crippen molar-refractivity contribution in [2.24, 2.45) is 11.8 Å². The van der Waals surface area contributed by atoms with Crippen LogP contribution in [0.2, 0.25) is 10.0 Å². The van der Waals surface area contributed by atoms with E-state index in [0.29, 0.717) is 49.1 Å². The van der Waals surface area contributed by atoms with Crippen molar-refractivity contribution in [3.63, 3.8) is 0 Å². The molecule has 1 aromatic rings. The first kappa shape index (κ1) is 18.1. The van der Waals surface area contributed by atoms with Gasteiger partial charge < -0.3 is 14.9 Å². The molecule has 0 spiro atoms. The quantitative estimate of drug-likeness (QED) is 0.814. The molecule has 3 rings (SSSR count). The number of carboxylic acids is 1. The van der Waals surface area contributed by atoms with Crippen LogP contribution in [0.1, 0.15) is 12.8 Å². The van der Waals surface area contributed by atoms with Crippen LogP contribution in [0.15, 0.2) is 30.4 Å². The predicted molar refractivity (Wildman–Crippen MR) is 98.2 cm³/mol.